The fourth-order valence-corrected chi connectivity index (χ4v) is 6.55. The molecule has 3 heterocycles. The Morgan fingerprint density at radius 3 is 2.41 bits per heavy atom. The van der Waals surface area contributed by atoms with Gasteiger partial charge in [0.15, 0.2) is 5.82 Å². The average Bonchev–Trinajstić information content (AvgIpc) is 3.48. The lowest BCUT2D eigenvalue weighted by atomic mass is 9.85. The minimum atomic E-state index is -1.07. The topological polar surface area (TPSA) is 121 Å². The zero-order valence-electron chi connectivity index (χ0n) is 26.5. The van der Waals surface area contributed by atoms with E-state index in [9.17, 15) is 14.4 Å². The van der Waals surface area contributed by atoms with Crippen molar-refractivity contribution in [1.29, 1.82) is 0 Å². The molecule has 0 bridgehead atoms. The van der Waals surface area contributed by atoms with E-state index < -0.39 is 5.54 Å². The van der Waals surface area contributed by atoms with Gasteiger partial charge in [-0.1, -0.05) is 43.5 Å². The summed E-state index contributed by atoms with van der Waals surface area (Å²) >= 11 is 0. The number of piperidine rings is 1. The van der Waals surface area contributed by atoms with Gasteiger partial charge in [-0.3, -0.25) is 14.4 Å². The van der Waals surface area contributed by atoms with Crippen LogP contribution in [0.5, 0.6) is 0 Å². The molecule has 2 aromatic heterocycles. The van der Waals surface area contributed by atoms with Crippen LogP contribution in [-0.4, -0.2) is 70.1 Å². The molecule has 2 aliphatic rings. The number of nitrogens with zero attached hydrogens (tertiary/aromatic N) is 4. The van der Waals surface area contributed by atoms with Crippen LogP contribution in [0.15, 0.2) is 72.9 Å². The first-order chi connectivity index (χ1) is 22.3. The van der Waals surface area contributed by atoms with Gasteiger partial charge in [0.05, 0.1) is 11.2 Å². The monoisotopic (exact) mass is 619 g/mol. The van der Waals surface area contributed by atoms with Crippen LogP contribution >= 0.6 is 0 Å². The predicted octanol–water partition coefficient (Wildman–Crippen LogP) is 5.06. The molecule has 1 saturated carbocycles. The molecule has 2 fully saturated rings. The van der Waals surface area contributed by atoms with E-state index >= 15 is 0 Å². The number of carbonyl (C=O) groups is 3. The van der Waals surface area contributed by atoms with Crippen LogP contribution in [0, 0.1) is 0 Å². The molecule has 10 heteroatoms. The molecule has 0 atom stereocenters. The number of hydrogen-bond acceptors (Lipinski definition) is 6. The molecule has 0 unspecified atom stereocenters. The van der Waals surface area contributed by atoms with Gasteiger partial charge in [0.25, 0.3) is 5.91 Å². The summed E-state index contributed by atoms with van der Waals surface area (Å²) in [6.07, 6.45) is 11.8. The summed E-state index contributed by atoms with van der Waals surface area (Å²) in [5, 5.41) is 14.7. The smallest absolute Gasteiger partial charge is 0.252 e. The van der Waals surface area contributed by atoms with Gasteiger partial charge in [-0.05, 0) is 80.8 Å². The number of anilines is 1. The van der Waals surface area contributed by atoms with Crippen LogP contribution in [-0.2, 0) is 9.59 Å². The Bertz CT molecular complexity index is 1730. The highest BCUT2D eigenvalue weighted by molar-refractivity contribution is 6.05. The van der Waals surface area contributed by atoms with E-state index in [2.05, 4.69) is 25.8 Å². The number of pyridine rings is 1. The maximum atomic E-state index is 13.9. The maximum absolute atomic E-state index is 13.9. The van der Waals surface area contributed by atoms with Crippen molar-refractivity contribution in [2.24, 2.45) is 0 Å². The minimum absolute atomic E-state index is 0.192. The van der Waals surface area contributed by atoms with Gasteiger partial charge in [-0.15, -0.1) is 0 Å². The number of carbonyl (C=O) groups excluding carboxylic acids is 3. The summed E-state index contributed by atoms with van der Waals surface area (Å²) in [5.41, 5.74) is 2.74. The molecule has 1 saturated heterocycles. The molecule has 10 nitrogen and oxygen atoms in total. The number of likely N-dealkylation sites (N-methyl/N-ethyl adjacent to an activating group) is 1. The molecule has 238 valence electrons. The zero-order chi connectivity index (χ0) is 32.1. The maximum Gasteiger partial charge on any atom is 0.252 e. The van der Waals surface area contributed by atoms with Crippen LogP contribution in [0.3, 0.4) is 0 Å². The highest BCUT2D eigenvalue weighted by Crippen LogP contribution is 2.38. The Morgan fingerprint density at radius 1 is 0.957 bits per heavy atom. The van der Waals surface area contributed by atoms with E-state index in [0.29, 0.717) is 43.1 Å². The lowest BCUT2D eigenvalue weighted by Gasteiger charge is -2.40. The Balaban J connectivity index is 1.25. The zero-order valence-corrected chi connectivity index (χ0v) is 26.5. The van der Waals surface area contributed by atoms with Crippen LogP contribution < -0.4 is 16.0 Å². The third-order valence-corrected chi connectivity index (χ3v) is 9.30. The molecule has 1 aliphatic heterocycles. The van der Waals surface area contributed by atoms with Crippen molar-refractivity contribution in [2.75, 3.05) is 32.5 Å². The Morgan fingerprint density at radius 2 is 1.72 bits per heavy atom. The SMILES string of the molecule is CNC(=O)C=Cc1ccc(NC(=O)C2(NC(=O)c3ccc4c(C5CCCCC5)n(-c5ccccn5)nc4c3)CCN(C)CC2)cc1. The van der Waals surface area contributed by atoms with Crippen molar-refractivity contribution in [3.8, 4) is 5.82 Å². The number of aromatic nitrogens is 3. The molecule has 0 radical (unpaired) electrons. The fraction of sp³-hybridized carbons (Fsp3) is 0.361. The number of amides is 3. The largest absolute Gasteiger partial charge is 0.356 e. The Hall–Kier alpha value is -4.83. The van der Waals surface area contributed by atoms with Crippen LogP contribution in [0.2, 0.25) is 0 Å². The second kappa shape index (κ2) is 13.7. The van der Waals surface area contributed by atoms with E-state index in [1.807, 2.05) is 60.3 Å². The standard InChI is InChI=1S/C36H41N7O3/c1-37-32(44)18-13-25-11-15-28(16-12-25)39-35(46)36(19-22-42(2)23-20-36)40-34(45)27-14-17-29-30(24-27)41-43(31-10-6-7-21-38-31)33(29)26-8-4-3-5-9-26/h6-7,10-18,21,24,26H,3-5,8-9,19-20,22-23H2,1-2H3,(H,37,44)(H,39,46)(H,40,45). The fourth-order valence-electron chi connectivity index (χ4n) is 6.55. The Kier molecular flexibility index (Phi) is 9.25. The number of nitrogens with one attached hydrogen (secondary N) is 3. The number of rotatable bonds is 8. The van der Waals surface area contributed by atoms with Gasteiger partial charge in [0.2, 0.25) is 11.8 Å². The molecule has 3 amide bonds. The van der Waals surface area contributed by atoms with Gasteiger partial charge < -0.3 is 20.9 Å². The molecule has 3 N–H and O–H groups in total. The summed E-state index contributed by atoms with van der Waals surface area (Å²) in [6, 6.07) is 18.7. The molecule has 2 aromatic carbocycles. The number of hydrogen-bond donors (Lipinski definition) is 3. The summed E-state index contributed by atoms with van der Waals surface area (Å²) < 4.78 is 1.95. The van der Waals surface area contributed by atoms with Crippen LogP contribution in [0.1, 0.15) is 72.5 Å². The molecule has 1 aliphatic carbocycles. The summed E-state index contributed by atoms with van der Waals surface area (Å²) in [6.45, 7) is 1.35. The van der Waals surface area contributed by atoms with Gasteiger partial charge in [0.1, 0.15) is 5.54 Å². The van der Waals surface area contributed by atoms with Crippen molar-refractivity contribution in [3.63, 3.8) is 0 Å². The molecule has 6 rings (SSSR count). The number of fused-ring (bicyclic) bond motifs is 1. The summed E-state index contributed by atoms with van der Waals surface area (Å²) in [4.78, 5) is 46.0. The normalized spacial score (nSPS) is 17.2. The Labute approximate surface area is 269 Å². The molecular formula is C36H41N7O3. The van der Waals surface area contributed by atoms with Gasteiger partial charge in [0, 0.05) is 55.0 Å². The highest BCUT2D eigenvalue weighted by Gasteiger charge is 2.42. The van der Waals surface area contributed by atoms with Gasteiger partial charge in [-0.25, -0.2) is 9.67 Å². The third kappa shape index (κ3) is 6.72. The number of benzene rings is 2. The first-order valence-corrected chi connectivity index (χ1v) is 16.1. The lowest BCUT2D eigenvalue weighted by molar-refractivity contribution is -0.124. The summed E-state index contributed by atoms with van der Waals surface area (Å²) in [7, 11) is 3.59. The average molecular weight is 620 g/mol. The van der Waals surface area contributed by atoms with Crippen molar-refractivity contribution >= 4 is 40.4 Å². The quantitative estimate of drug-likeness (QED) is 0.237. The molecule has 46 heavy (non-hydrogen) atoms. The predicted molar refractivity (Wildman–Crippen MR) is 180 cm³/mol. The van der Waals surface area contributed by atoms with Crippen molar-refractivity contribution in [2.45, 2.75) is 56.4 Å². The van der Waals surface area contributed by atoms with E-state index in [-0.39, 0.29) is 17.7 Å². The first-order valence-electron chi connectivity index (χ1n) is 16.1. The minimum Gasteiger partial charge on any atom is -0.356 e. The van der Waals surface area contributed by atoms with E-state index in [0.717, 1.165) is 40.8 Å². The first kappa shape index (κ1) is 31.2. The van der Waals surface area contributed by atoms with E-state index in [4.69, 9.17) is 5.10 Å². The van der Waals surface area contributed by atoms with Crippen molar-refractivity contribution < 1.29 is 14.4 Å². The van der Waals surface area contributed by atoms with E-state index in [1.54, 1.807) is 31.5 Å². The van der Waals surface area contributed by atoms with Crippen LogP contribution in [0.4, 0.5) is 5.69 Å². The third-order valence-electron chi connectivity index (χ3n) is 9.30. The summed E-state index contributed by atoms with van der Waals surface area (Å²) in [5.74, 6) is 0.406. The van der Waals surface area contributed by atoms with Crippen molar-refractivity contribution in [1.82, 2.24) is 30.3 Å². The van der Waals surface area contributed by atoms with Crippen molar-refractivity contribution in [3.05, 3.63) is 89.8 Å². The number of likely N-dealkylation sites (tertiary alicyclic amines) is 1. The van der Waals surface area contributed by atoms with E-state index in [1.165, 1.54) is 25.3 Å². The van der Waals surface area contributed by atoms with Gasteiger partial charge >= 0.3 is 0 Å². The second-order valence-corrected chi connectivity index (χ2v) is 12.4. The van der Waals surface area contributed by atoms with Crippen LogP contribution in [0.25, 0.3) is 22.8 Å². The molecule has 0 spiro atoms. The molecular weight excluding hydrogens is 578 g/mol. The lowest BCUT2D eigenvalue weighted by Crippen LogP contribution is -2.61. The van der Waals surface area contributed by atoms with Gasteiger partial charge in [-0.2, -0.15) is 5.10 Å². The molecule has 4 aromatic rings. The second-order valence-electron chi connectivity index (χ2n) is 12.4. The highest BCUT2D eigenvalue weighted by atomic mass is 16.2.